The molecule has 0 saturated carbocycles. The molecule has 0 fully saturated rings. The van der Waals surface area contributed by atoms with Crippen LogP contribution >= 0.6 is 15.9 Å². The zero-order valence-corrected chi connectivity index (χ0v) is 13.1. The Morgan fingerprint density at radius 3 is 2.28 bits per heavy atom. The molecule has 0 heterocycles. The Hall–Kier alpha value is -0.700. The van der Waals surface area contributed by atoms with Gasteiger partial charge in [0.05, 0.1) is 13.2 Å². The van der Waals surface area contributed by atoms with Gasteiger partial charge in [-0.1, -0.05) is 41.9 Å². The Kier molecular flexibility index (Phi) is 7.18. The van der Waals surface area contributed by atoms with E-state index < -0.39 is 0 Å². The lowest BCUT2D eigenvalue weighted by Gasteiger charge is -2.14. The Bertz CT molecular complexity index is 339. The monoisotopic (exact) mass is 314 g/mol. The number of hydrogen-bond acceptors (Lipinski definition) is 2. The van der Waals surface area contributed by atoms with Gasteiger partial charge in [-0.25, -0.2) is 0 Å². The van der Waals surface area contributed by atoms with Crippen molar-refractivity contribution in [2.75, 3.05) is 13.2 Å². The first-order valence-corrected chi connectivity index (χ1v) is 7.55. The molecule has 0 aliphatic carbocycles. The van der Waals surface area contributed by atoms with Gasteiger partial charge in [0.25, 0.3) is 0 Å². The number of halogens is 1. The molecule has 0 bridgehead atoms. The average molecular weight is 315 g/mol. The summed E-state index contributed by atoms with van der Waals surface area (Å²) < 4.78 is 11.3. The van der Waals surface area contributed by atoms with Crippen molar-refractivity contribution < 1.29 is 9.47 Å². The Labute approximate surface area is 119 Å². The summed E-state index contributed by atoms with van der Waals surface area (Å²) in [5.74, 6) is 2.34. The van der Waals surface area contributed by atoms with Crippen molar-refractivity contribution in [1.82, 2.24) is 0 Å². The summed E-state index contributed by atoms with van der Waals surface area (Å²) in [7, 11) is 0. The van der Waals surface area contributed by atoms with Crippen LogP contribution in [0.3, 0.4) is 0 Å². The molecule has 18 heavy (non-hydrogen) atoms. The molecule has 0 spiro atoms. The van der Waals surface area contributed by atoms with E-state index in [4.69, 9.17) is 9.47 Å². The zero-order chi connectivity index (χ0) is 13.4. The Balaban J connectivity index is 2.35. The third-order valence-corrected chi connectivity index (χ3v) is 4.27. The van der Waals surface area contributed by atoms with Crippen LogP contribution in [0.2, 0.25) is 0 Å². The molecule has 1 aromatic carbocycles. The lowest BCUT2D eigenvalue weighted by molar-refractivity contribution is 0.270. The van der Waals surface area contributed by atoms with Gasteiger partial charge in [-0.05, 0) is 37.8 Å². The minimum absolute atomic E-state index is 0.572. The molecule has 0 aliphatic rings. The van der Waals surface area contributed by atoms with Gasteiger partial charge >= 0.3 is 0 Å². The first-order valence-electron chi connectivity index (χ1n) is 6.63. The van der Waals surface area contributed by atoms with Crippen LogP contribution in [0.5, 0.6) is 11.5 Å². The predicted octanol–water partition coefficient (Wildman–Crippen LogP) is 4.66. The van der Waals surface area contributed by atoms with Crippen molar-refractivity contribution >= 4 is 15.9 Å². The highest BCUT2D eigenvalue weighted by atomic mass is 79.9. The minimum atomic E-state index is 0.572. The number of ether oxygens (including phenoxy) is 2. The summed E-state index contributed by atoms with van der Waals surface area (Å²) in [6.45, 7) is 7.83. The van der Waals surface area contributed by atoms with Crippen LogP contribution in [0.25, 0.3) is 0 Å². The molecule has 3 heteroatoms. The van der Waals surface area contributed by atoms with Gasteiger partial charge in [0.15, 0.2) is 11.5 Å². The standard InChI is InChI=1S/C15H23BrO2/c1-4-17-14-9-5-6-10-15(14)18-11-7-8-13(16)12(2)3/h5-6,9-10,12-13H,4,7-8,11H2,1-3H3. The van der Waals surface area contributed by atoms with E-state index in [1.165, 1.54) is 0 Å². The SMILES string of the molecule is CCOc1ccccc1OCCCC(Br)C(C)C. The minimum Gasteiger partial charge on any atom is -0.490 e. The smallest absolute Gasteiger partial charge is 0.161 e. The second kappa shape index (κ2) is 8.41. The van der Waals surface area contributed by atoms with Crippen molar-refractivity contribution in [2.24, 2.45) is 5.92 Å². The van der Waals surface area contributed by atoms with Crippen molar-refractivity contribution in [3.63, 3.8) is 0 Å². The fraction of sp³-hybridized carbons (Fsp3) is 0.600. The molecule has 0 aromatic heterocycles. The van der Waals surface area contributed by atoms with E-state index in [2.05, 4.69) is 29.8 Å². The van der Waals surface area contributed by atoms with Crippen LogP contribution in [-0.2, 0) is 0 Å². The van der Waals surface area contributed by atoms with Crippen molar-refractivity contribution in [3.8, 4) is 11.5 Å². The van der Waals surface area contributed by atoms with E-state index in [0.717, 1.165) is 30.9 Å². The Morgan fingerprint density at radius 2 is 1.72 bits per heavy atom. The van der Waals surface area contributed by atoms with Gasteiger partial charge < -0.3 is 9.47 Å². The summed E-state index contributed by atoms with van der Waals surface area (Å²) >= 11 is 3.69. The molecule has 2 nitrogen and oxygen atoms in total. The van der Waals surface area contributed by atoms with Crippen LogP contribution in [-0.4, -0.2) is 18.0 Å². The van der Waals surface area contributed by atoms with E-state index in [0.29, 0.717) is 17.4 Å². The lowest BCUT2D eigenvalue weighted by atomic mass is 10.1. The van der Waals surface area contributed by atoms with E-state index in [9.17, 15) is 0 Å². The molecule has 102 valence electrons. The van der Waals surface area contributed by atoms with Crippen LogP contribution in [0.1, 0.15) is 33.6 Å². The Morgan fingerprint density at radius 1 is 1.11 bits per heavy atom. The quantitative estimate of drug-likeness (QED) is 0.513. The average Bonchev–Trinajstić information content (AvgIpc) is 2.36. The largest absolute Gasteiger partial charge is 0.490 e. The summed E-state index contributed by atoms with van der Waals surface area (Å²) in [4.78, 5) is 0.572. The number of para-hydroxylation sites is 2. The fourth-order valence-corrected chi connectivity index (χ4v) is 1.96. The van der Waals surface area contributed by atoms with E-state index in [-0.39, 0.29) is 0 Å². The van der Waals surface area contributed by atoms with E-state index >= 15 is 0 Å². The summed E-state index contributed by atoms with van der Waals surface area (Å²) in [5, 5.41) is 0. The van der Waals surface area contributed by atoms with Crippen LogP contribution < -0.4 is 9.47 Å². The lowest BCUT2D eigenvalue weighted by Crippen LogP contribution is -2.09. The van der Waals surface area contributed by atoms with Crippen LogP contribution in [0, 0.1) is 5.92 Å². The third kappa shape index (κ3) is 5.30. The summed E-state index contributed by atoms with van der Waals surface area (Å²) in [6.07, 6.45) is 2.18. The number of alkyl halides is 1. The van der Waals surface area contributed by atoms with Crippen molar-refractivity contribution in [1.29, 1.82) is 0 Å². The maximum absolute atomic E-state index is 5.77. The van der Waals surface area contributed by atoms with Gasteiger partial charge in [0.1, 0.15) is 0 Å². The highest BCUT2D eigenvalue weighted by molar-refractivity contribution is 9.09. The van der Waals surface area contributed by atoms with Gasteiger partial charge in [-0.2, -0.15) is 0 Å². The van der Waals surface area contributed by atoms with Crippen molar-refractivity contribution in [3.05, 3.63) is 24.3 Å². The summed E-state index contributed by atoms with van der Waals surface area (Å²) in [6, 6.07) is 7.84. The number of hydrogen-bond donors (Lipinski definition) is 0. The van der Waals surface area contributed by atoms with Crippen molar-refractivity contribution in [2.45, 2.75) is 38.4 Å². The highest BCUT2D eigenvalue weighted by Gasteiger charge is 2.09. The fourth-order valence-electron chi connectivity index (χ4n) is 1.64. The first kappa shape index (κ1) is 15.4. The number of benzene rings is 1. The van der Waals surface area contributed by atoms with Gasteiger partial charge in [-0.15, -0.1) is 0 Å². The van der Waals surface area contributed by atoms with Crippen LogP contribution in [0.4, 0.5) is 0 Å². The molecule has 1 aromatic rings. The molecule has 0 aliphatic heterocycles. The van der Waals surface area contributed by atoms with Gasteiger partial charge in [0, 0.05) is 4.83 Å². The molecular formula is C15H23BrO2. The molecule has 1 rings (SSSR count). The zero-order valence-electron chi connectivity index (χ0n) is 11.5. The second-order valence-corrected chi connectivity index (χ2v) is 5.81. The molecule has 0 amide bonds. The molecule has 0 radical (unpaired) electrons. The first-order chi connectivity index (χ1) is 8.65. The molecule has 0 saturated heterocycles. The summed E-state index contributed by atoms with van der Waals surface area (Å²) in [5.41, 5.74) is 0. The molecule has 1 atom stereocenters. The van der Waals surface area contributed by atoms with E-state index in [1.807, 2.05) is 31.2 Å². The maximum atomic E-state index is 5.77. The molecule has 1 unspecified atom stereocenters. The topological polar surface area (TPSA) is 18.5 Å². The van der Waals surface area contributed by atoms with Crippen LogP contribution in [0.15, 0.2) is 24.3 Å². The molecular weight excluding hydrogens is 292 g/mol. The second-order valence-electron chi connectivity index (χ2n) is 4.63. The van der Waals surface area contributed by atoms with Gasteiger partial charge in [0.2, 0.25) is 0 Å². The third-order valence-electron chi connectivity index (χ3n) is 2.75. The maximum Gasteiger partial charge on any atom is 0.161 e. The normalized spacial score (nSPS) is 12.5. The molecule has 0 N–H and O–H groups in total. The van der Waals surface area contributed by atoms with E-state index in [1.54, 1.807) is 0 Å². The predicted molar refractivity (Wildman–Crippen MR) is 79.9 cm³/mol. The van der Waals surface area contributed by atoms with Gasteiger partial charge in [-0.3, -0.25) is 0 Å². The highest BCUT2D eigenvalue weighted by Crippen LogP contribution is 2.26. The number of rotatable bonds is 8.